The summed E-state index contributed by atoms with van der Waals surface area (Å²) in [7, 11) is 0. The summed E-state index contributed by atoms with van der Waals surface area (Å²) in [6.07, 6.45) is 0.0369. The van der Waals surface area contributed by atoms with E-state index in [4.69, 9.17) is 0 Å². The Hall–Kier alpha value is -0.0800. The Kier molecular flexibility index (Phi) is 5.10. The third-order valence-electron chi connectivity index (χ3n) is 3.08. The third-order valence-corrected chi connectivity index (χ3v) is 3.08. The summed E-state index contributed by atoms with van der Waals surface area (Å²) < 4.78 is 0. The van der Waals surface area contributed by atoms with E-state index in [0.29, 0.717) is 12.3 Å². The average Bonchev–Trinajstić information content (AvgIpc) is 2.00. The molecule has 0 aromatic heterocycles. The lowest BCUT2D eigenvalue weighted by atomic mass is 9.74. The molecule has 0 saturated carbocycles. The van der Waals surface area contributed by atoms with Crippen molar-refractivity contribution in [3.05, 3.63) is 0 Å². The van der Waals surface area contributed by atoms with E-state index in [2.05, 4.69) is 13.8 Å². The van der Waals surface area contributed by atoms with Gasteiger partial charge in [0.05, 0.1) is 11.7 Å². The Labute approximate surface area is 88.3 Å². The molecule has 0 aliphatic rings. The van der Waals surface area contributed by atoms with Gasteiger partial charge in [0.15, 0.2) is 0 Å². The highest BCUT2D eigenvalue weighted by molar-refractivity contribution is 4.92. The number of hydrogen-bond acceptors (Lipinski definition) is 2. The van der Waals surface area contributed by atoms with Gasteiger partial charge in [-0.1, -0.05) is 41.5 Å². The van der Waals surface area contributed by atoms with E-state index in [1.54, 1.807) is 0 Å². The Bertz CT molecular complexity index is 154. The van der Waals surface area contributed by atoms with Gasteiger partial charge in [-0.05, 0) is 24.2 Å². The maximum Gasteiger partial charge on any atom is 0.0950 e. The summed E-state index contributed by atoms with van der Waals surface area (Å²) in [4.78, 5) is 0. The second-order valence-electron chi connectivity index (χ2n) is 5.34. The summed E-state index contributed by atoms with van der Waals surface area (Å²) in [6.45, 7) is 12.0. The Morgan fingerprint density at radius 2 is 1.29 bits per heavy atom. The zero-order valence-corrected chi connectivity index (χ0v) is 10.4. The molecular weight excluding hydrogens is 176 g/mol. The Morgan fingerprint density at radius 1 is 0.929 bits per heavy atom. The molecule has 0 radical (unpaired) electrons. The van der Waals surface area contributed by atoms with Crippen LogP contribution in [0.1, 0.15) is 48.0 Å². The van der Waals surface area contributed by atoms with E-state index >= 15 is 0 Å². The van der Waals surface area contributed by atoms with Crippen LogP contribution in [-0.4, -0.2) is 21.9 Å². The lowest BCUT2D eigenvalue weighted by molar-refractivity contribution is -0.140. The molecule has 2 nitrogen and oxygen atoms in total. The quantitative estimate of drug-likeness (QED) is 0.719. The first kappa shape index (κ1) is 13.9. The molecule has 0 saturated heterocycles. The molecule has 2 N–H and O–H groups in total. The minimum absolute atomic E-state index is 0.0799. The van der Waals surface area contributed by atoms with Gasteiger partial charge in [-0.25, -0.2) is 0 Å². The average molecular weight is 202 g/mol. The van der Waals surface area contributed by atoms with Crippen molar-refractivity contribution >= 4 is 0 Å². The van der Waals surface area contributed by atoms with Gasteiger partial charge >= 0.3 is 0 Å². The minimum Gasteiger partial charge on any atom is -0.390 e. The van der Waals surface area contributed by atoms with E-state index in [0.717, 1.165) is 0 Å². The molecule has 0 aliphatic carbocycles. The molecular formula is C12H26O2. The molecule has 86 valence electrons. The molecule has 0 aliphatic heterocycles. The first-order valence-electron chi connectivity index (χ1n) is 5.63. The van der Waals surface area contributed by atoms with Crippen molar-refractivity contribution < 1.29 is 10.2 Å². The minimum atomic E-state index is -0.954. The first-order valence-corrected chi connectivity index (χ1v) is 5.63. The normalized spacial score (nSPS) is 15.6. The van der Waals surface area contributed by atoms with Gasteiger partial charge in [0, 0.05) is 0 Å². The van der Waals surface area contributed by atoms with Crippen LogP contribution in [0.2, 0.25) is 0 Å². The fraction of sp³-hybridized carbons (Fsp3) is 1.00. The van der Waals surface area contributed by atoms with E-state index in [-0.39, 0.29) is 11.8 Å². The van der Waals surface area contributed by atoms with E-state index in [1.165, 1.54) is 0 Å². The monoisotopic (exact) mass is 202 g/mol. The van der Waals surface area contributed by atoms with E-state index in [1.807, 2.05) is 27.7 Å². The van der Waals surface area contributed by atoms with Gasteiger partial charge in [0.25, 0.3) is 0 Å². The van der Waals surface area contributed by atoms with Gasteiger partial charge in [-0.15, -0.1) is 0 Å². The molecule has 1 atom stereocenters. The van der Waals surface area contributed by atoms with Gasteiger partial charge in [0.2, 0.25) is 0 Å². The van der Waals surface area contributed by atoms with Crippen molar-refractivity contribution in [2.45, 2.75) is 59.7 Å². The zero-order chi connectivity index (χ0) is 11.5. The van der Waals surface area contributed by atoms with Crippen molar-refractivity contribution in [1.29, 1.82) is 0 Å². The van der Waals surface area contributed by atoms with Gasteiger partial charge in [-0.2, -0.15) is 0 Å². The molecule has 14 heavy (non-hydrogen) atoms. The van der Waals surface area contributed by atoms with Crippen LogP contribution in [0.4, 0.5) is 0 Å². The first-order chi connectivity index (χ1) is 6.22. The lowest BCUT2D eigenvalue weighted by Gasteiger charge is -2.41. The molecule has 0 unspecified atom stereocenters. The van der Waals surface area contributed by atoms with Crippen molar-refractivity contribution in [3.63, 3.8) is 0 Å². The molecule has 0 bridgehead atoms. The number of rotatable bonds is 5. The maximum absolute atomic E-state index is 10.4. The van der Waals surface area contributed by atoms with Crippen LogP contribution in [0.5, 0.6) is 0 Å². The lowest BCUT2D eigenvalue weighted by Crippen LogP contribution is -2.51. The van der Waals surface area contributed by atoms with Crippen molar-refractivity contribution in [1.82, 2.24) is 0 Å². The van der Waals surface area contributed by atoms with Gasteiger partial charge in [0.1, 0.15) is 0 Å². The second-order valence-corrected chi connectivity index (χ2v) is 5.34. The Morgan fingerprint density at radius 3 is 1.50 bits per heavy atom. The van der Waals surface area contributed by atoms with E-state index < -0.39 is 11.7 Å². The summed E-state index contributed by atoms with van der Waals surface area (Å²) in [6, 6.07) is 0. The maximum atomic E-state index is 10.4. The summed E-state index contributed by atoms with van der Waals surface area (Å²) in [5.41, 5.74) is -0.954. The predicted octanol–water partition coefficient (Wildman–Crippen LogP) is 2.44. The third kappa shape index (κ3) is 2.96. The fourth-order valence-corrected chi connectivity index (χ4v) is 2.07. The van der Waals surface area contributed by atoms with Crippen LogP contribution < -0.4 is 0 Å². The van der Waals surface area contributed by atoms with Crippen LogP contribution in [0.25, 0.3) is 0 Å². The standard InChI is InChI=1S/C12H26O2/c1-8(2)7-11(13)12(14,9(3)4)10(5)6/h8-11,13-14H,7H2,1-6H3/t11-/m1/s1. The summed E-state index contributed by atoms with van der Waals surface area (Å²) in [5, 5.41) is 20.5. The van der Waals surface area contributed by atoms with Crippen LogP contribution in [-0.2, 0) is 0 Å². The molecule has 0 fully saturated rings. The number of aliphatic hydroxyl groups excluding tert-OH is 1. The summed E-state index contributed by atoms with van der Waals surface area (Å²) >= 11 is 0. The molecule has 0 aromatic carbocycles. The van der Waals surface area contributed by atoms with Crippen molar-refractivity contribution in [3.8, 4) is 0 Å². The number of hydrogen-bond donors (Lipinski definition) is 2. The SMILES string of the molecule is CC(C)C[C@@H](O)C(O)(C(C)C)C(C)C. The molecule has 0 amide bonds. The molecule has 0 spiro atoms. The highest BCUT2D eigenvalue weighted by Crippen LogP contribution is 2.32. The zero-order valence-electron chi connectivity index (χ0n) is 10.4. The predicted molar refractivity (Wildman–Crippen MR) is 60.1 cm³/mol. The van der Waals surface area contributed by atoms with Crippen molar-refractivity contribution in [2.75, 3.05) is 0 Å². The van der Waals surface area contributed by atoms with Gasteiger partial charge in [-0.3, -0.25) is 0 Å². The molecule has 0 rings (SSSR count). The van der Waals surface area contributed by atoms with Crippen LogP contribution in [0.15, 0.2) is 0 Å². The highest BCUT2D eigenvalue weighted by Gasteiger charge is 2.41. The van der Waals surface area contributed by atoms with Gasteiger partial charge < -0.3 is 10.2 Å². The molecule has 0 heterocycles. The van der Waals surface area contributed by atoms with Crippen LogP contribution >= 0.6 is 0 Å². The van der Waals surface area contributed by atoms with Crippen LogP contribution in [0, 0.1) is 17.8 Å². The molecule has 0 aromatic rings. The topological polar surface area (TPSA) is 40.5 Å². The second kappa shape index (κ2) is 5.13. The Balaban J connectivity index is 4.65. The van der Waals surface area contributed by atoms with Crippen LogP contribution in [0.3, 0.4) is 0 Å². The van der Waals surface area contributed by atoms with E-state index in [9.17, 15) is 10.2 Å². The smallest absolute Gasteiger partial charge is 0.0950 e. The highest BCUT2D eigenvalue weighted by atomic mass is 16.3. The fourth-order valence-electron chi connectivity index (χ4n) is 2.07. The number of aliphatic hydroxyl groups is 2. The summed E-state index contributed by atoms with van der Waals surface area (Å²) in [5.74, 6) is 0.571. The van der Waals surface area contributed by atoms with Crippen molar-refractivity contribution in [2.24, 2.45) is 17.8 Å². The molecule has 2 heteroatoms. The largest absolute Gasteiger partial charge is 0.390 e.